The summed E-state index contributed by atoms with van der Waals surface area (Å²) in [4.78, 5) is 17.9. The first-order valence-electron chi connectivity index (χ1n) is 6.15. The number of carbonyl (C=O) groups excluding carboxylic acids is 1. The maximum absolute atomic E-state index is 11.9. The Morgan fingerprint density at radius 3 is 2.89 bits per heavy atom. The smallest absolute Gasteiger partial charge is 0.289 e. The van der Waals surface area contributed by atoms with Gasteiger partial charge in [-0.15, -0.1) is 0 Å². The van der Waals surface area contributed by atoms with Crippen LogP contribution in [0.5, 0.6) is 5.88 Å². The molecular formula is C14H14N2O3. The van der Waals surface area contributed by atoms with Crippen LogP contribution in [-0.4, -0.2) is 35.0 Å². The molecule has 0 spiro atoms. The maximum atomic E-state index is 11.9. The molecule has 0 aliphatic carbocycles. The Labute approximate surface area is 110 Å². The molecule has 3 heterocycles. The molecule has 0 bridgehead atoms. The molecule has 0 N–H and O–H groups in total. The summed E-state index contributed by atoms with van der Waals surface area (Å²) in [6.07, 6.45) is 1.51. The van der Waals surface area contributed by atoms with Gasteiger partial charge >= 0.3 is 0 Å². The molecular weight excluding hydrogens is 244 g/mol. The van der Waals surface area contributed by atoms with E-state index >= 15 is 0 Å². The minimum absolute atomic E-state index is 0.00760. The molecule has 0 radical (unpaired) electrons. The second kappa shape index (κ2) is 4.76. The van der Waals surface area contributed by atoms with Crippen molar-refractivity contribution >= 4 is 5.91 Å². The van der Waals surface area contributed by atoms with Crippen LogP contribution in [0, 0.1) is 6.92 Å². The van der Waals surface area contributed by atoms with Crippen molar-refractivity contribution in [2.45, 2.75) is 13.0 Å². The van der Waals surface area contributed by atoms with Gasteiger partial charge in [-0.3, -0.25) is 4.79 Å². The predicted molar refractivity (Wildman–Crippen MR) is 68.0 cm³/mol. The van der Waals surface area contributed by atoms with Crippen LogP contribution in [0.2, 0.25) is 0 Å². The average Bonchev–Trinajstić information content (AvgIpc) is 2.86. The Morgan fingerprint density at radius 1 is 1.37 bits per heavy atom. The van der Waals surface area contributed by atoms with Crippen molar-refractivity contribution in [2.75, 3.05) is 13.1 Å². The van der Waals surface area contributed by atoms with E-state index in [1.54, 1.807) is 17.0 Å². The number of rotatable bonds is 3. The van der Waals surface area contributed by atoms with Crippen molar-refractivity contribution in [3.8, 4) is 5.88 Å². The number of ether oxygens (including phenoxy) is 1. The minimum Gasteiger partial charge on any atom is -0.471 e. The lowest BCUT2D eigenvalue weighted by Crippen LogP contribution is -2.56. The molecule has 2 aromatic heterocycles. The number of aromatic nitrogens is 1. The Hall–Kier alpha value is -2.30. The third-order valence-corrected chi connectivity index (χ3v) is 3.02. The Kier molecular flexibility index (Phi) is 2.95. The summed E-state index contributed by atoms with van der Waals surface area (Å²) in [5, 5.41) is 0. The molecule has 98 valence electrons. The van der Waals surface area contributed by atoms with Gasteiger partial charge in [-0.25, -0.2) is 4.98 Å². The number of hydrogen-bond acceptors (Lipinski definition) is 4. The monoisotopic (exact) mass is 258 g/mol. The van der Waals surface area contributed by atoms with Gasteiger partial charge in [-0.1, -0.05) is 6.07 Å². The second-order valence-corrected chi connectivity index (χ2v) is 4.54. The van der Waals surface area contributed by atoms with Gasteiger partial charge in [0.05, 0.1) is 19.4 Å². The van der Waals surface area contributed by atoms with Gasteiger partial charge in [-0.05, 0) is 25.1 Å². The van der Waals surface area contributed by atoms with Crippen molar-refractivity contribution in [3.05, 3.63) is 48.0 Å². The number of hydrogen-bond donors (Lipinski definition) is 0. The van der Waals surface area contributed by atoms with Crippen LogP contribution in [-0.2, 0) is 0 Å². The molecule has 5 nitrogen and oxygen atoms in total. The van der Waals surface area contributed by atoms with Crippen molar-refractivity contribution in [2.24, 2.45) is 0 Å². The van der Waals surface area contributed by atoms with E-state index in [0.29, 0.717) is 24.7 Å². The molecule has 0 saturated carbocycles. The SMILES string of the molecule is Cc1cccc(OC2CN(C(=O)c3ccco3)C2)n1. The fourth-order valence-corrected chi connectivity index (χ4v) is 1.99. The molecule has 1 amide bonds. The summed E-state index contributed by atoms with van der Waals surface area (Å²) in [7, 11) is 0. The predicted octanol–water partition coefficient (Wildman–Crippen LogP) is 1.89. The van der Waals surface area contributed by atoms with Crippen LogP contribution >= 0.6 is 0 Å². The normalized spacial score (nSPS) is 15.1. The van der Waals surface area contributed by atoms with E-state index in [9.17, 15) is 4.79 Å². The molecule has 0 aromatic carbocycles. The molecule has 1 aliphatic heterocycles. The lowest BCUT2D eigenvalue weighted by atomic mass is 10.1. The minimum atomic E-state index is -0.0953. The van der Waals surface area contributed by atoms with Gasteiger partial charge in [0.2, 0.25) is 5.88 Å². The van der Waals surface area contributed by atoms with E-state index in [2.05, 4.69) is 4.98 Å². The summed E-state index contributed by atoms with van der Waals surface area (Å²) in [5.41, 5.74) is 0.917. The van der Waals surface area contributed by atoms with Crippen LogP contribution in [0.1, 0.15) is 16.2 Å². The molecule has 1 saturated heterocycles. The largest absolute Gasteiger partial charge is 0.471 e. The molecule has 5 heteroatoms. The Morgan fingerprint density at radius 2 is 2.21 bits per heavy atom. The molecule has 0 atom stereocenters. The number of likely N-dealkylation sites (tertiary alicyclic amines) is 1. The second-order valence-electron chi connectivity index (χ2n) is 4.54. The van der Waals surface area contributed by atoms with Gasteiger partial charge in [0.15, 0.2) is 5.76 Å². The highest BCUT2D eigenvalue weighted by atomic mass is 16.5. The van der Waals surface area contributed by atoms with Crippen molar-refractivity contribution < 1.29 is 13.9 Å². The van der Waals surface area contributed by atoms with Crippen LogP contribution in [0.15, 0.2) is 41.0 Å². The number of furan rings is 1. The zero-order chi connectivity index (χ0) is 13.2. The first-order chi connectivity index (χ1) is 9.22. The summed E-state index contributed by atoms with van der Waals surface area (Å²) in [6.45, 7) is 3.05. The molecule has 1 aliphatic rings. The van der Waals surface area contributed by atoms with E-state index in [4.69, 9.17) is 9.15 Å². The van der Waals surface area contributed by atoms with E-state index in [-0.39, 0.29) is 12.0 Å². The third kappa shape index (κ3) is 2.45. The molecule has 0 unspecified atom stereocenters. The first-order valence-corrected chi connectivity index (χ1v) is 6.15. The molecule has 3 rings (SSSR count). The summed E-state index contributed by atoms with van der Waals surface area (Å²) in [5.74, 6) is 0.879. The number of carbonyl (C=O) groups is 1. The molecule has 19 heavy (non-hydrogen) atoms. The Bertz CT molecular complexity index is 574. The van der Waals surface area contributed by atoms with Crippen molar-refractivity contribution in [1.82, 2.24) is 9.88 Å². The fraction of sp³-hybridized carbons (Fsp3) is 0.286. The standard InChI is InChI=1S/C14H14N2O3/c1-10-4-2-6-13(15-10)19-11-8-16(9-11)14(17)12-5-3-7-18-12/h2-7,11H,8-9H2,1H3. The first kappa shape index (κ1) is 11.8. The molecule has 1 fully saturated rings. The zero-order valence-corrected chi connectivity index (χ0v) is 10.6. The van der Waals surface area contributed by atoms with E-state index in [1.165, 1.54) is 6.26 Å². The summed E-state index contributed by atoms with van der Waals surface area (Å²) in [6, 6.07) is 9.02. The van der Waals surface area contributed by atoms with Gasteiger partial charge in [-0.2, -0.15) is 0 Å². The quantitative estimate of drug-likeness (QED) is 0.843. The van der Waals surface area contributed by atoms with Crippen molar-refractivity contribution in [3.63, 3.8) is 0 Å². The number of pyridine rings is 1. The zero-order valence-electron chi connectivity index (χ0n) is 10.6. The van der Waals surface area contributed by atoms with Crippen LogP contribution < -0.4 is 4.74 Å². The van der Waals surface area contributed by atoms with Gasteiger partial charge in [0.1, 0.15) is 6.10 Å². The average molecular weight is 258 g/mol. The van der Waals surface area contributed by atoms with Crippen molar-refractivity contribution in [1.29, 1.82) is 0 Å². The van der Waals surface area contributed by atoms with Crippen LogP contribution in [0.25, 0.3) is 0 Å². The van der Waals surface area contributed by atoms with Gasteiger partial charge < -0.3 is 14.1 Å². The van der Waals surface area contributed by atoms with Crippen LogP contribution in [0.3, 0.4) is 0 Å². The lowest BCUT2D eigenvalue weighted by Gasteiger charge is -2.38. The van der Waals surface area contributed by atoms with Crippen LogP contribution in [0.4, 0.5) is 0 Å². The number of nitrogens with zero attached hydrogens (tertiary/aromatic N) is 2. The fourth-order valence-electron chi connectivity index (χ4n) is 1.99. The third-order valence-electron chi connectivity index (χ3n) is 3.02. The van der Waals surface area contributed by atoms with E-state index < -0.39 is 0 Å². The highest BCUT2D eigenvalue weighted by molar-refractivity contribution is 5.92. The molecule has 2 aromatic rings. The highest BCUT2D eigenvalue weighted by Gasteiger charge is 2.34. The Balaban J connectivity index is 1.54. The topological polar surface area (TPSA) is 55.6 Å². The van der Waals surface area contributed by atoms with Gasteiger partial charge in [0, 0.05) is 11.8 Å². The summed E-state index contributed by atoms with van der Waals surface area (Å²) >= 11 is 0. The number of amides is 1. The summed E-state index contributed by atoms with van der Waals surface area (Å²) < 4.78 is 10.8. The maximum Gasteiger partial charge on any atom is 0.289 e. The highest BCUT2D eigenvalue weighted by Crippen LogP contribution is 2.18. The number of aryl methyl sites for hydroxylation is 1. The van der Waals surface area contributed by atoms with E-state index in [0.717, 1.165) is 5.69 Å². The lowest BCUT2D eigenvalue weighted by molar-refractivity contribution is 0.0137. The van der Waals surface area contributed by atoms with E-state index in [1.807, 2.05) is 25.1 Å². The van der Waals surface area contributed by atoms with Gasteiger partial charge in [0.25, 0.3) is 5.91 Å².